The van der Waals surface area contributed by atoms with E-state index in [2.05, 4.69) is 4.98 Å². The summed E-state index contributed by atoms with van der Waals surface area (Å²) in [5.74, 6) is -0.110. The number of nitrogens with zero attached hydrogens (tertiary/aromatic N) is 1. The van der Waals surface area contributed by atoms with Gasteiger partial charge in [0, 0.05) is 4.90 Å². The molecule has 0 amide bonds. The minimum atomic E-state index is -0.521. The molecular formula is C12H12FN3OS. The summed E-state index contributed by atoms with van der Waals surface area (Å²) in [5.41, 5.74) is 6.25. The van der Waals surface area contributed by atoms with E-state index in [1.165, 1.54) is 6.07 Å². The lowest BCUT2D eigenvalue weighted by Crippen LogP contribution is -2.14. The van der Waals surface area contributed by atoms with E-state index in [9.17, 15) is 4.39 Å². The summed E-state index contributed by atoms with van der Waals surface area (Å²) in [6.45, 7) is 3.64. The highest BCUT2D eigenvalue weighted by molar-refractivity contribution is 7.99. The zero-order valence-corrected chi connectivity index (χ0v) is 10.8. The fourth-order valence-electron chi connectivity index (χ4n) is 1.43. The average Bonchev–Trinajstić information content (AvgIpc) is 2.57. The van der Waals surface area contributed by atoms with Gasteiger partial charge in [-0.3, -0.25) is 5.41 Å². The minimum Gasteiger partial charge on any atom is -0.436 e. The van der Waals surface area contributed by atoms with Gasteiger partial charge in [0.25, 0.3) is 5.22 Å². The number of nitrogens with one attached hydrogen (secondary N) is 1. The van der Waals surface area contributed by atoms with Crippen LogP contribution in [-0.2, 0) is 0 Å². The lowest BCUT2D eigenvalue weighted by atomic mass is 10.2. The number of oxazole rings is 1. The Kier molecular flexibility index (Phi) is 3.38. The summed E-state index contributed by atoms with van der Waals surface area (Å²) >= 11 is 1.15. The maximum Gasteiger partial charge on any atom is 0.261 e. The molecule has 0 fully saturated rings. The molecule has 94 valence electrons. The van der Waals surface area contributed by atoms with Crippen molar-refractivity contribution in [3.05, 3.63) is 41.0 Å². The number of benzene rings is 1. The maximum absolute atomic E-state index is 13.6. The molecule has 0 saturated carbocycles. The molecule has 1 aromatic carbocycles. The fourth-order valence-corrected chi connectivity index (χ4v) is 2.43. The van der Waals surface area contributed by atoms with Crippen molar-refractivity contribution in [1.82, 2.24) is 4.98 Å². The molecule has 4 nitrogen and oxygen atoms in total. The maximum atomic E-state index is 13.6. The van der Waals surface area contributed by atoms with E-state index in [-0.39, 0.29) is 11.4 Å². The summed E-state index contributed by atoms with van der Waals surface area (Å²) < 4.78 is 19.0. The molecule has 0 spiro atoms. The predicted octanol–water partition coefficient (Wildman–Crippen LogP) is 2.87. The van der Waals surface area contributed by atoms with E-state index in [0.29, 0.717) is 10.1 Å². The molecule has 3 N–H and O–H groups in total. The molecule has 0 aliphatic carbocycles. The summed E-state index contributed by atoms with van der Waals surface area (Å²) in [5, 5.41) is 7.82. The number of nitrogen functional groups attached to an aromatic ring is 1. The third kappa shape index (κ3) is 2.38. The number of hydrogen-bond donors (Lipinski definition) is 2. The van der Waals surface area contributed by atoms with Gasteiger partial charge in [-0.2, -0.15) is 0 Å². The van der Waals surface area contributed by atoms with E-state index in [1.807, 2.05) is 13.8 Å². The van der Waals surface area contributed by atoms with Crippen LogP contribution in [0.5, 0.6) is 0 Å². The number of rotatable bonds is 3. The van der Waals surface area contributed by atoms with E-state index >= 15 is 0 Å². The van der Waals surface area contributed by atoms with Crippen molar-refractivity contribution in [2.24, 2.45) is 5.73 Å². The number of hydrogen-bond acceptors (Lipinski definition) is 4. The second kappa shape index (κ2) is 4.81. The Morgan fingerprint density at radius 3 is 2.72 bits per heavy atom. The third-order valence-corrected chi connectivity index (χ3v) is 3.36. The quantitative estimate of drug-likeness (QED) is 0.661. The van der Waals surface area contributed by atoms with Crippen LogP contribution in [0.2, 0.25) is 0 Å². The normalized spacial score (nSPS) is 10.6. The van der Waals surface area contributed by atoms with Crippen LogP contribution in [0.3, 0.4) is 0 Å². The highest BCUT2D eigenvalue weighted by atomic mass is 32.2. The Morgan fingerprint density at radius 2 is 2.17 bits per heavy atom. The van der Waals surface area contributed by atoms with Gasteiger partial charge >= 0.3 is 0 Å². The molecule has 0 aliphatic heterocycles. The molecule has 0 bridgehead atoms. The van der Waals surface area contributed by atoms with Crippen molar-refractivity contribution < 1.29 is 8.81 Å². The van der Waals surface area contributed by atoms with E-state index in [1.54, 1.807) is 12.1 Å². The lowest BCUT2D eigenvalue weighted by molar-refractivity contribution is 0.431. The highest BCUT2D eigenvalue weighted by Crippen LogP contribution is 2.31. The van der Waals surface area contributed by atoms with Crippen LogP contribution in [0.1, 0.15) is 17.0 Å². The molecule has 0 aliphatic rings. The van der Waals surface area contributed by atoms with Crippen molar-refractivity contribution in [3.63, 3.8) is 0 Å². The summed E-state index contributed by atoms with van der Waals surface area (Å²) in [6, 6.07) is 4.51. The van der Waals surface area contributed by atoms with Crippen LogP contribution >= 0.6 is 11.8 Å². The van der Waals surface area contributed by atoms with Crippen LogP contribution in [0.15, 0.2) is 32.7 Å². The highest BCUT2D eigenvalue weighted by Gasteiger charge is 2.15. The summed E-state index contributed by atoms with van der Waals surface area (Å²) in [7, 11) is 0. The minimum absolute atomic E-state index is 0.0796. The first-order chi connectivity index (χ1) is 8.49. The summed E-state index contributed by atoms with van der Waals surface area (Å²) in [4.78, 5) is 4.72. The summed E-state index contributed by atoms with van der Waals surface area (Å²) in [6.07, 6.45) is 0. The first-order valence-corrected chi connectivity index (χ1v) is 6.05. The monoisotopic (exact) mass is 265 g/mol. The molecular weight excluding hydrogens is 253 g/mol. The molecule has 6 heteroatoms. The molecule has 0 atom stereocenters. The molecule has 0 radical (unpaired) electrons. The van der Waals surface area contributed by atoms with E-state index in [0.717, 1.165) is 23.2 Å². The van der Waals surface area contributed by atoms with Gasteiger partial charge in [0.1, 0.15) is 17.4 Å². The zero-order valence-electron chi connectivity index (χ0n) is 9.95. The predicted molar refractivity (Wildman–Crippen MR) is 67.5 cm³/mol. The third-order valence-electron chi connectivity index (χ3n) is 2.45. The second-order valence-electron chi connectivity index (χ2n) is 3.75. The Labute approximate surface area is 108 Å². The fraction of sp³-hybridized carbons (Fsp3) is 0.167. The van der Waals surface area contributed by atoms with E-state index in [4.69, 9.17) is 15.6 Å². The number of aryl methyl sites for hydroxylation is 2. The molecule has 2 rings (SSSR count). The van der Waals surface area contributed by atoms with Gasteiger partial charge in [0.2, 0.25) is 0 Å². The topological polar surface area (TPSA) is 75.9 Å². The van der Waals surface area contributed by atoms with Gasteiger partial charge in [0.15, 0.2) is 0 Å². The second-order valence-corrected chi connectivity index (χ2v) is 4.74. The lowest BCUT2D eigenvalue weighted by Gasteiger charge is -2.06. The van der Waals surface area contributed by atoms with Gasteiger partial charge in [-0.05, 0) is 37.7 Å². The van der Waals surface area contributed by atoms with Crippen LogP contribution in [0.4, 0.5) is 4.39 Å². The van der Waals surface area contributed by atoms with Gasteiger partial charge in [0.05, 0.1) is 11.3 Å². The molecule has 0 unspecified atom stereocenters. The van der Waals surface area contributed by atoms with Gasteiger partial charge in [-0.15, -0.1) is 0 Å². The molecule has 1 heterocycles. The van der Waals surface area contributed by atoms with Gasteiger partial charge < -0.3 is 10.2 Å². The Balaban J connectivity index is 2.40. The zero-order chi connectivity index (χ0) is 13.3. The van der Waals surface area contributed by atoms with Crippen molar-refractivity contribution in [2.45, 2.75) is 24.0 Å². The smallest absolute Gasteiger partial charge is 0.261 e. The van der Waals surface area contributed by atoms with Crippen LogP contribution < -0.4 is 5.73 Å². The Morgan fingerprint density at radius 1 is 1.44 bits per heavy atom. The molecule has 0 saturated heterocycles. The van der Waals surface area contributed by atoms with Gasteiger partial charge in [-0.1, -0.05) is 6.07 Å². The molecule has 1 aromatic heterocycles. The standard InChI is InChI=1S/C12H12FN3OS/c1-6-7(2)17-12(16-6)18-9-5-3-4-8(13)10(9)11(14)15/h3-5H,1-2H3,(H3,14,15). The van der Waals surface area contributed by atoms with Crippen LogP contribution in [0.25, 0.3) is 0 Å². The van der Waals surface area contributed by atoms with Crippen molar-refractivity contribution in [1.29, 1.82) is 5.41 Å². The Bertz CT molecular complexity index is 590. The first kappa shape index (κ1) is 12.6. The van der Waals surface area contributed by atoms with E-state index < -0.39 is 5.82 Å². The van der Waals surface area contributed by atoms with Crippen molar-refractivity contribution >= 4 is 17.6 Å². The average molecular weight is 265 g/mol. The molecule has 2 aromatic rings. The SMILES string of the molecule is Cc1nc(Sc2cccc(F)c2C(=N)N)oc1C. The number of aromatic nitrogens is 1. The van der Waals surface area contributed by atoms with Gasteiger partial charge in [-0.25, -0.2) is 9.37 Å². The number of amidine groups is 1. The number of nitrogens with two attached hydrogens (primary N) is 1. The molecule has 18 heavy (non-hydrogen) atoms. The largest absolute Gasteiger partial charge is 0.436 e. The van der Waals surface area contributed by atoms with Crippen LogP contribution in [0, 0.1) is 25.1 Å². The Hall–Kier alpha value is -1.82. The van der Waals surface area contributed by atoms with Crippen molar-refractivity contribution in [2.75, 3.05) is 0 Å². The number of halogens is 1. The van der Waals surface area contributed by atoms with Crippen LogP contribution in [-0.4, -0.2) is 10.8 Å². The van der Waals surface area contributed by atoms with Crippen molar-refractivity contribution in [3.8, 4) is 0 Å². The first-order valence-electron chi connectivity index (χ1n) is 5.24.